The molecule has 0 unspecified atom stereocenters. The second-order valence-corrected chi connectivity index (χ2v) is 4.81. The molecule has 0 aliphatic rings. The Hall–Kier alpha value is -0.700. The van der Waals surface area contributed by atoms with Crippen LogP contribution in [0, 0.1) is 0 Å². The highest BCUT2D eigenvalue weighted by atomic mass is 79.9. The fourth-order valence-electron chi connectivity index (χ4n) is 0.942. The van der Waals surface area contributed by atoms with Crippen molar-refractivity contribution in [1.29, 1.82) is 0 Å². The molecule has 13 heavy (non-hydrogen) atoms. The summed E-state index contributed by atoms with van der Waals surface area (Å²) in [7, 11) is 0. The lowest BCUT2D eigenvalue weighted by Gasteiger charge is -2.22. The van der Waals surface area contributed by atoms with E-state index in [-0.39, 0.29) is 5.60 Å². The van der Waals surface area contributed by atoms with Crippen LogP contribution in [0.25, 0.3) is 0 Å². The highest BCUT2D eigenvalue weighted by Crippen LogP contribution is 2.28. The Morgan fingerprint density at radius 2 is 1.92 bits per heavy atom. The fraction of sp³-hybridized carbons (Fsp3) is 0.400. The van der Waals surface area contributed by atoms with Crippen LogP contribution in [0.5, 0.6) is 5.75 Å². The molecular formula is C10H14BrNO. The predicted molar refractivity (Wildman–Crippen MR) is 58.9 cm³/mol. The SMILES string of the molecule is CC(C)(C)Oc1ccc(Br)cc1N. The van der Waals surface area contributed by atoms with Crippen molar-refractivity contribution in [2.45, 2.75) is 26.4 Å². The van der Waals surface area contributed by atoms with Gasteiger partial charge in [0.25, 0.3) is 0 Å². The van der Waals surface area contributed by atoms with Crippen LogP contribution < -0.4 is 10.5 Å². The lowest BCUT2D eigenvalue weighted by molar-refractivity contribution is 0.132. The van der Waals surface area contributed by atoms with E-state index in [4.69, 9.17) is 10.5 Å². The maximum Gasteiger partial charge on any atom is 0.143 e. The van der Waals surface area contributed by atoms with Crippen LogP contribution in [0.4, 0.5) is 5.69 Å². The van der Waals surface area contributed by atoms with Gasteiger partial charge in [-0.15, -0.1) is 0 Å². The predicted octanol–water partition coefficient (Wildman–Crippen LogP) is 3.21. The molecule has 0 fully saturated rings. The van der Waals surface area contributed by atoms with Crippen molar-refractivity contribution >= 4 is 21.6 Å². The Balaban J connectivity index is 2.90. The molecule has 0 aliphatic carbocycles. The summed E-state index contributed by atoms with van der Waals surface area (Å²) in [5.74, 6) is 0.732. The summed E-state index contributed by atoms with van der Waals surface area (Å²) in [6.07, 6.45) is 0. The van der Waals surface area contributed by atoms with E-state index >= 15 is 0 Å². The van der Waals surface area contributed by atoms with Gasteiger partial charge in [-0.3, -0.25) is 0 Å². The van der Waals surface area contributed by atoms with Crippen molar-refractivity contribution in [3.8, 4) is 5.75 Å². The number of rotatable bonds is 1. The van der Waals surface area contributed by atoms with Gasteiger partial charge in [0, 0.05) is 4.47 Å². The first-order valence-electron chi connectivity index (χ1n) is 4.12. The van der Waals surface area contributed by atoms with E-state index in [1.54, 1.807) is 0 Å². The Kier molecular flexibility index (Phi) is 2.86. The maximum atomic E-state index is 5.77. The second kappa shape index (κ2) is 3.58. The van der Waals surface area contributed by atoms with E-state index in [2.05, 4.69) is 15.9 Å². The summed E-state index contributed by atoms with van der Waals surface area (Å²) < 4.78 is 6.61. The molecule has 0 aromatic heterocycles. The van der Waals surface area contributed by atoms with E-state index in [0.717, 1.165) is 10.2 Å². The molecule has 0 radical (unpaired) electrons. The van der Waals surface area contributed by atoms with Gasteiger partial charge >= 0.3 is 0 Å². The summed E-state index contributed by atoms with van der Waals surface area (Å²) >= 11 is 3.34. The topological polar surface area (TPSA) is 35.2 Å². The highest BCUT2D eigenvalue weighted by molar-refractivity contribution is 9.10. The quantitative estimate of drug-likeness (QED) is 0.770. The number of nitrogens with two attached hydrogens (primary N) is 1. The molecule has 0 aliphatic heterocycles. The van der Waals surface area contributed by atoms with Gasteiger partial charge in [-0.25, -0.2) is 0 Å². The molecule has 0 saturated carbocycles. The summed E-state index contributed by atoms with van der Waals surface area (Å²) in [6.45, 7) is 5.98. The molecule has 0 amide bonds. The average Bonchev–Trinajstić information content (AvgIpc) is 1.93. The van der Waals surface area contributed by atoms with Gasteiger partial charge in [0.05, 0.1) is 5.69 Å². The minimum Gasteiger partial charge on any atom is -0.486 e. The van der Waals surface area contributed by atoms with Crippen LogP contribution in [0.15, 0.2) is 22.7 Å². The molecule has 72 valence electrons. The molecule has 0 spiro atoms. The Bertz CT molecular complexity index is 304. The molecule has 3 heteroatoms. The van der Waals surface area contributed by atoms with Crippen molar-refractivity contribution in [3.05, 3.63) is 22.7 Å². The van der Waals surface area contributed by atoms with Crippen LogP contribution in [-0.2, 0) is 0 Å². The van der Waals surface area contributed by atoms with Gasteiger partial charge < -0.3 is 10.5 Å². The zero-order valence-electron chi connectivity index (χ0n) is 8.10. The summed E-state index contributed by atoms with van der Waals surface area (Å²) in [5, 5.41) is 0. The first-order valence-corrected chi connectivity index (χ1v) is 4.92. The van der Waals surface area contributed by atoms with Crippen molar-refractivity contribution in [1.82, 2.24) is 0 Å². The van der Waals surface area contributed by atoms with Gasteiger partial charge in [0.1, 0.15) is 11.4 Å². The molecule has 2 N–H and O–H groups in total. The number of anilines is 1. The molecule has 2 nitrogen and oxygen atoms in total. The molecule has 0 saturated heterocycles. The van der Waals surface area contributed by atoms with Crippen LogP contribution >= 0.6 is 15.9 Å². The maximum absolute atomic E-state index is 5.77. The second-order valence-electron chi connectivity index (χ2n) is 3.90. The smallest absolute Gasteiger partial charge is 0.143 e. The minimum absolute atomic E-state index is 0.206. The van der Waals surface area contributed by atoms with E-state index in [0.29, 0.717) is 5.69 Å². The summed E-state index contributed by atoms with van der Waals surface area (Å²) in [5.41, 5.74) is 6.22. The molecule has 0 bridgehead atoms. The molecule has 0 heterocycles. The van der Waals surface area contributed by atoms with Crippen molar-refractivity contribution in [2.24, 2.45) is 0 Å². The standard InChI is InChI=1S/C10H14BrNO/c1-10(2,3)13-9-5-4-7(11)6-8(9)12/h4-6H,12H2,1-3H3. The van der Waals surface area contributed by atoms with Crippen molar-refractivity contribution < 1.29 is 4.74 Å². The number of benzene rings is 1. The van der Waals surface area contributed by atoms with Gasteiger partial charge in [0.15, 0.2) is 0 Å². The molecule has 1 aromatic rings. The Labute approximate surface area is 87.2 Å². The lowest BCUT2D eigenvalue weighted by Crippen LogP contribution is -2.23. The monoisotopic (exact) mass is 243 g/mol. The van der Waals surface area contributed by atoms with Gasteiger partial charge in [-0.2, -0.15) is 0 Å². The molecule has 1 aromatic carbocycles. The molecule has 0 atom stereocenters. The largest absolute Gasteiger partial charge is 0.486 e. The zero-order chi connectivity index (χ0) is 10.1. The van der Waals surface area contributed by atoms with E-state index in [1.165, 1.54) is 0 Å². The summed E-state index contributed by atoms with van der Waals surface area (Å²) in [6, 6.07) is 5.61. The van der Waals surface area contributed by atoms with Gasteiger partial charge in [-0.05, 0) is 39.0 Å². The van der Waals surface area contributed by atoms with Crippen molar-refractivity contribution in [3.63, 3.8) is 0 Å². The average molecular weight is 244 g/mol. The fourth-order valence-corrected chi connectivity index (χ4v) is 1.32. The highest BCUT2D eigenvalue weighted by Gasteiger charge is 2.13. The third-order valence-electron chi connectivity index (χ3n) is 1.39. The van der Waals surface area contributed by atoms with Gasteiger partial charge in [-0.1, -0.05) is 15.9 Å². The van der Waals surface area contributed by atoms with Crippen LogP contribution in [0.2, 0.25) is 0 Å². The van der Waals surface area contributed by atoms with Gasteiger partial charge in [0.2, 0.25) is 0 Å². The van der Waals surface area contributed by atoms with Crippen LogP contribution in [0.1, 0.15) is 20.8 Å². The van der Waals surface area contributed by atoms with E-state index in [9.17, 15) is 0 Å². The normalized spacial score (nSPS) is 11.4. The van der Waals surface area contributed by atoms with E-state index < -0.39 is 0 Å². The summed E-state index contributed by atoms with van der Waals surface area (Å²) in [4.78, 5) is 0. The lowest BCUT2D eigenvalue weighted by atomic mass is 10.2. The number of halogens is 1. The Morgan fingerprint density at radius 1 is 1.31 bits per heavy atom. The molecule has 1 rings (SSSR count). The van der Waals surface area contributed by atoms with Crippen molar-refractivity contribution in [2.75, 3.05) is 5.73 Å². The first-order chi connectivity index (χ1) is 5.88. The minimum atomic E-state index is -0.206. The first kappa shape index (κ1) is 10.4. The number of ether oxygens (including phenoxy) is 1. The van der Waals surface area contributed by atoms with E-state index in [1.807, 2.05) is 39.0 Å². The Morgan fingerprint density at radius 3 is 2.38 bits per heavy atom. The van der Waals surface area contributed by atoms with Crippen LogP contribution in [-0.4, -0.2) is 5.60 Å². The van der Waals surface area contributed by atoms with Crippen LogP contribution in [0.3, 0.4) is 0 Å². The zero-order valence-corrected chi connectivity index (χ0v) is 9.68. The number of hydrogen-bond donors (Lipinski definition) is 1. The number of nitrogen functional groups attached to an aromatic ring is 1. The third-order valence-corrected chi connectivity index (χ3v) is 1.88. The third kappa shape index (κ3) is 3.27. The number of hydrogen-bond acceptors (Lipinski definition) is 2. The molecular weight excluding hydrogens is 230 g/mol.